The SMILES string of the molecule is CCC(C)C(NC(=O)c1ccccc1)C(=O)NCC(c1ccccc1OC)N(C)C. The number of hydrogen-bond acceptors (Lipinski definition) is 4. The summed E-state index contributed by atoms with van der Waals surface area (Å²) in [5, 5.41) is 5.94. The van der Waals surface area contributed by atoms with Gasteiger partial charge in [0.15, 0.2) is 0 Å². The second kappa shape index (κ2) is 11.4. The van der Waals surface area contributed by atoms with Crippen LogP contribution in [0, 0.1) is 5.92 Å². The molecule has 2 N–H and O–H groups in total. The van der Waals surface area contributed by atoms with E-state index in [-0.39, 0.29) is 23.8 Å². The molecule has 2 rings (SSSR count). The molecule has 0 heterocycles. The van der Waals surface area contributed by atoms with Crippen LogP contribution in [0.4, 0.5) is 0 Å². The second-order valence-corrected chi connectivity index (χ2v) is 7.67. The van der Waals surface area contributed by atoms with E-state index in [4.69, 9.17) is 4.74 Å². The molecule has 0 fully saturated rings. The molecule has 3 unspecified atom stereocenters. The van der Waals surface area contributed by atoms with Crippen LogP contribution < -0.4 is 15.4 Å². The molecule has 0 spiro atoms. The lowest BCUT2D eigenvalue weighted by molar-refractivity contribution is -0.124. The maximum Gasteiger partial charge on any atom is 0.251 e. The summed E-state index contributed by atoms with van der Waals surface area (Å²) in [5.74, 6) is 0.350. The van der Waals surface area contributed by atoms with Gasteiger partial charge in [-0.2, -0.15) is 0 Å². The van der Waals surface area contributed by atoms with Crippen LogP contribution in [-0.2, 0) is 4.79 Å². The number of carbonyl (C=O) groups excluding carboxylic acids is 2. The number of nitrogens with one attached hydrogen (secondary N) is 2. The van der Waals surface area contributed by atoms with Crippen molar-refractivity contribution in [2.45, 2.75) is 32.4 Å². The highest BCUT2D eigenvalue weighted by atomic mass is 16.5. The minimum atomic E-state index is -0.608. The highest BCUT2D eigenvalue weighted by Gasteiger charge is 2.27. The van der Waals surface area contributed by atoms with E-state index in [0.717, 1.165) is 17.7 Å². The summed E-state index contributed by atoms with van der Waals surface area (Å²) in [5.41, 5.74) is 1.54. The zero-order chi connectivity index (χ0) is 22.1. The van der Waals surface area contributed by atoms with E-state index in [9.17, 15) is 9.59 Å². The number of nitrogens with zero attached hydrogens (tertiary/aromatic N) is 1. The van der Waals surface area contributed by atoms with E-state index < -0.39 is 6.04 Å². The van der Waals surface area contributed by atoms with Gasteiger partial charge in [-0.3, -0.25) is 9.59 Å². The van der Waals surface area contributed by atoms with Gasteiger partial charge in [0.05, 0.1) is 13.2 Å². The van der Waals surface area contributed by atoms with Crippen molar-refractivity contribution >= 4 is 11.8 Å². The molecule has 30 heavy (non-hydrogen) atoms. The summed E-state index contributed by atoms with van der Waals surface area (Å²) >= 11 is 0. The van der Waals surface area contributed by atoms with Crippen LogP contribution in [-0.4, -0.2) is 50.5 Å². The molecule has 6 heteroatoms. The van der Waals surface area contributed by atoms with Crippen LogP contribution in [0.25, 0.3) is 0 Å². The van der Waals surface area contributed by atoms with Crippen molar-refractivity contribution in [2.24, 2.45) is 5.92 Å². The van der Waals surface area contributed by atoms with Crippen molar-refractivity contribution in [1.29, 1.82) is 0 Å². The van der Waals surface area contributed by atoms with Crippen LogP contribution in [0.2, 0.25) is 0 Å². The molecule has 3 atom stereocenters. The van der Waals surface area contributed by atoms with Crippen molar-refractivity contribution in [3.8, 4) is 5.75 Å². The number of rotatable bonds is 10. The summed E-state index contributed by atoms with van der Waals surface area (Å²) < 4.78 is 5.49. The standard InChI is InChI=1S/C24H33N3O3/c1-6-17(2)22(26-23(28)18-12-8-7-9-13-18)24(29)25-16-20(27(3)4)19-14-10-11-15-21(19)30-5/h7-15,17,20,22H,6,16H2,1-5H3,(H,25,29)(H,26,28). The van der Waals surface area contributed by atoms with Crippen LogP contribution >= 0.6 is 0 Å². The van der Waals surface area contributed by atoms with E-state index in [0.29, 0.717) is 12.1 Å². The Balaban J connectivity index is 2.13. The quantitative estimate of drug-likeness (QED) is 0.630. The number of carbonyl (C=O) groups is 2. The first-order chi connectivity index (χ1) is 14.4. The fourth-order valence-corrected chi connectivity index (χ4v) is 3.34. The third kappa shape index (κ3) is 6.07. The second-order valence-electron chi connectivity index (χ2n) is 7.67. The third-order valence-electron chi connectivity index (χ3n) is 5.41. The maximum absolute atomic E-state index is 13.0. The Bertz CT molecular complexity index is 823. The van der Waals surface area contributed by atoms with Gasteiger partial charge in [-0.15, -0.1) is 0 Å². The largest absolute Gasteiger partial charge is 0.496 e. The van der Waals surface area contributed by atoms with Gasteiger partial charge >= 0.3 is 0 Å². The lowest BCUT2D eigenvalue weighted by atomic mass is 9.97. The average molecular weight is 412 g/mol. The molecular formula is C24H33N3O3. The number of amides is 2. The Labute approximate surface area is 179 Å². The van der Waals surface area contributed by atoms with E-state index in [2.05, 4.69) is 10.6 Å². The van der Waals surface area contributed by atoms with Crippen LogP contribution in [0.15, 0.2) is 54.6 Å². The van der Waals surface area contributed by atoms with Gasteiger partial charge in [0.1, 0.15) is 11.8 Å². The predicted octanol–water partition coefficient (Wildman–Crippen LogP) is 3.26. The Hall–Kier alpha value is -2.86. The van der Waals surface area contributed by atoms with E-state index in [1.807, 2.05) is 75.3 Å². The first kappa shape index (κ1) is 23.4. The fraction of sp³-hybridized carbons (Fsp3) is 0.417. The minimum absolute atomic E-state index is 0.00160. The van der Waals surface area contributed by atoms with Crippen molar-refractivity contribution < 1.29 is 14.3 Å². The Morgan fingerprint density at radius 2 is 1.67 bits per heavy atom. The number of benzene rings is 2. The Morgan fingerprint density at radius 3 is 2.27 bits per heavy atom. The minimum Gasteiger partial charge on any atom is -0.496 e. The molecule has 0 radical (unpaired) electrons. The number of likely N-dealkylation sites (N-methyl/N-ethyl adjacent to an activating group) is 1. The monoisotopic (exact) mass is 411 g/mol. The normalized spacial score (nSPS) is 13.9. The maximum atomic E-state index is 13.0. The lowest BCUT2D eigenvalue weighted by Crippen LogP contribution is -2.51. The molecule has 0 aliphatic rings. The Morgan fingerprint density at radius 1 is 1.03 bits per heavy atom. The first-order valence-electron chi connectivity index (χ1n) is 10.3. The van der Waals surface area contributed by atoms with Gasteiger partial charge in [-0.05, 0) is 38.2 Å². The molecule has 2 aromatic rings. The summed E-state index contributed by atoms with van der Waals surface area (Å²) in [4.78, 5) is 27.7. The fourth-order valence-electron chi connectivity index (χ4n) is 3.34. The van der Waals surface area contributed by atoms with E-state index >= 15 is 0 Å². The van der Waals surface area contributed by atoms with E-state index in [1.165, 1.54) is 0 Å². The number of hydrogen-bond donors (Lipinski definition) is 2. The van der Waals surface area contributed by atoms with Crippen LogP contribution in [0.5, 0.6) is 5.75 Å². The Kier molecular flexibility index (Phi) is 8.87. The molecule has 0 saturated heterocycles. The number of para-hydroxylation sites is 1. The molecule has 6 nitrogen and oxygen atoms in total. The summed E-state index contributed by atoms with van der Waals surface area (Å²) in [7, 11) is 5.57. The smallest absolute Gasteiger partial charge is 0.251 e. The van der Waals surface area contributed by atoms with Gasteiger partial charge in [0, 0.05) is 17.7 Å². The van der Waals surface area contributed by atoms with Crippen molar-refractivity contribution in [1.82, 2.24) is 15.5 Å². The topological polar surface area (TPSA) is 70.7 Å². The van der Waals surface area contributed by atoms with Crippen LogP contribution in [0.1, 0.15) is 42.2 Å². The molecular weight excluding hydrogens is 378 g/mol. The third-order valence-corrected chi connectivity index (χ3v) is 5.41. The van der Waals surface area contributed by atoms with Crippen molar-refractivity contribution in [2.75, 3.05) is 27.7 Å². The van der Waals surface area contributed by atoms with Gasteiger partial charge in [-0.1, -0.05) is 56.7 Å². The average Bonchev–Trinajstić information content (AvgIpc) is 2.77. The summed E-state index contributed by atoms with van der Waals surface area (Å²) in [6.45, 7) is 4.39. The van der Waals surface area contributed by atoms with Crippen molar-refractivity contribution in [3.63, 3.8) is 0 Å². The molecule has 0 aliphatic carbocycles. The molecule has 0 bridgehead atoms. The lowest BCUT2D eigenvalue weighted by Gasteiger charge is -2.29. The summed E-state index contributed by atoms with van der Waals surface area (Å²) in [6.07, 6.45) is 0.775. The van der Waals surface area contributed by atoms with Gasteiger partial charge < -0.3 is 20.3 Å². The number of methoxy groups -OCH3 is 1. The molecule has 0 aliphatic heterocycles. The molecule has 2 amide bonds. The molecule has 162 valence electrons. The first-order valence-corrected chi connectivity index (χ1v) is 10.3. The van der Waals surface area contributed by atoms with Gasteiger partial charge in [0.25, 0.3) is 5.91 Å². The molecule has 0 saturated carbocycles. The van der Waals surface area contributed by atoms with Gasteiger partial charge in [0.2, 0.25) is 5.91 Å². The predicted molar refractivity (Wildman–Crippen MR) is 120 cm³/mol. The highest BCUT2D eigenvalue weighted by molar-refractivity contribution is 5.97. The zero-order valence-corrected chi connectivity index (χ0v) is 18.5. The van der Waals surface area contributed by atoms with Gasteiger partial charge in [-0.25, -0.2) is 0 Å². The molecule has 2 aromatic carbocycles. The molecule has 0 aromatic heterocycles. The zero-order valence-electron chi connectivity index (χ0n) is 18.5. The summed E-state index contributed by atoms with van der Waals surface area (Å²) in [6, 6.07) is 16.1. The van der Waals surface area contributed by atoms with Crippen molar-refractivity contribution in [3.05, 3.63) is 65.7 Å². The number of ether oxygens (including phenoxy) is 1. The highest BCUT2D eigenvalue weighted by Crippen LogP contribution is 2.27. The van der Waals surface area contributed by atoms with Crippen LogP contribution in [0.3, 0.4) is 0 Å². The van der Waals surface area contributed by atoms with E-state index in [1.54, 1.807) is 19.2 Å².